The quantitative estimate of drug-likeness (QED) is 0.868. The zero-order valence-electron chi connectivity index (χ0n) is 13.5. The molecule has 0 saturated heterocycles. The van der Waals surface area contributed by atoms with Crippen LogP contribution in [0.15, 0.2) is 47.6 Å². The average Bonchev–Trinajstić information content (AvgIpc) is 2.63. The van der Waals surface area contributed by atoms with E-state index in [1.807, 2.05) is 30.4 Å². The van der Waals surface area contributed by atoms with E-state index in [1.165, 1.54) is 0 Å². The predicted octanol–water partition coefficient (Wildman–Crippen LogP) is 3.49. The summed E-state index contributed by atoms with van der Waals surface area (Å²) in [5, 5.41) is 11.1. The van der Waals surface area contributed by atoms with Crippen molar-refractivity contribution in [3.05, 3.63) is 64.2 Å². The summed E-state index contributed by atoms with van der Waals surface area (Å²) in [6.07, 6.45) is 5.36. The number of ketones is 1. The summed E-state index contributed by atoms with van der Waals surface area (Å²) in [5.41, 5.74) is 4.12. The number of Topliss-reactive ketones (excluding diaryl/α,β-unsaturated/α-hetero) is 1. The number of fused-ring (bicyclic) bond motifs is 3. The second-order valence-electron chi connectivity index (χ2n) is 6.96. The van der Waals surface area contributed by atoms with E-state index in [0.29, 0.717) is 25.2 Å². The fourth-order valence-electron chi connectivity index (χ4n) is 4.64. The van der Waals surface area contributed by atoms with E-state index in [1.54, 1.807) is 12.1 Å². The highest BCUT2D eigenvalue weighted by Gasteiger charge is 2.47. The third-order valence-corrected chi connectivity index (χ3v) is 5.82. The Morgan fingerprint density at radius 2 is 2.00 bits per heavy atom. The second-order valence-corrected chi connectivity index (χ2v) is 6.96. The maximum atomic E-state index is 12.3. The Labute approximate surface area is 144 Å². The molecule has 0 radical (unpaired) electrons. The molecule has 1 atom stereocenters. The number of hydrogen-bond acceptors (Lipinski definition) is 3. The summed E-state index contributed by atoms with van der Waals surface area (Å²) in [6, 6.07) is 9.31. The minimum absolute atomic E-state index is 0.187. The Bertz CT molecular complexity index is 1030. The van der Waals surface area contributed by atoms with Gasteiger partial charge in [0, 0.05) is 17.4 Å². The first-order valence-corrected chi connectivity index (χ1v) is 8.44. The van der Waals surface area contributed by atoms with Crippen LogP contribution in [0.25, 0.3) is 16.8 Å². The third kappa shape index (κ3) is 1.80. The average molecular weight is 332 g/mol. The number of rotatable bonds is 1. The van der Waals surface area contributed by atoms with Crippen molar-refractivity contribution in [2.24, 2.45) is 0 Å². The molecule has 1 unspecified atom stereocenters. The van der Waals surface area contributed by atoms with Gasteiger partial charge >= 0.3 is 5.97 Å². The second kappa shape index (κ2) is 4.90. The monoisotopic (exact) mass is 332 g/mol. The molecule has 0 fully saturated rings. The number of carbonyl (C=O) groups excluding carboxylic acids is 1. The third-order valence-electron chi connectivity index (χ3n) is 5.82. The van der Waals surface area contributed by atoms with E-state index in [9.17, 15) is 14.7 Å². The topological polar surface area (TPSA) is 63.6 Å². The van der Waals surface area contributed by atoms with E-state index in [2.05, 4.69) is 0 Å². The lowest BCUT2D eigenvalue weighted by molar-refractivity contribution is -0.118. The number of benzene rings is 2. The molecule has 0 spiro atoms. The van der Waals surface area contributed by atoms with Gasteiger partial charge in [-0.3, -0.25) is 4.79 Å². The van der Waals surface area contributed by atoms with Crippen LogP contribution in [0.3, 0.4) is 0 Å². The SMILES string of the molecule is O=C1CCC23COCC1=C2C=Cc1c3ccc2c(C(=O)O)cccc12. The Morgan fingerprint density at radius 3 is 2.84 bits per heavy atom. The van der Waals surface area contributed by atoms with Crippen molar-refractivity contribution in [3.8, 4) is 0 Å². The number of hydrogen-bond donors (Lipinski definition) is 1. The molecule has 124 valence electrons. The lowest BCUT2D eigenvalue weighted by atomic mass is 9.61. The van der Waals surface area contributed by atoms with Crippen molar-refractivity contribution in [2.45, 2.75) is 18.3 Å². The fourth-order valence-corrected chi connectivity index (χ4v) is 4.64. The Hall–Kier alpha value is -2.72. The van der Waals surface area contributed by atoms with Gasteiger partial charge in [0.2, 0.25) is 0 Å². The molecule has 2 bridgehead atoms. The molecular formula is C21H16O4. The molecule has 25 heavy (non-hydrogen) atoms. The molecule has 5 rings (SSSR count). The zero-order valence-corrected chi connectivity index (χ0v) is 13.5. The van der Waals surface area contributed by atoms with Gasteiger partial charge in [-0.25, -0.2) is 4.79 Å². The van der Waals surface area contributed by atoms with Crippen LogP contribution in [0.1, 0.15) is 34.3 Å². The Balaban J connectivity index is 1.85. The van der Waals surface area contributed by atoms with Crippen LogP contribution < -0.4 is 0 Å². The van der Waals surface area contributed by atoms with Crippen LogP contribution >= 0.6 is 0 Å². The number of carboxylic acids is 1. The van der Waals surface area contributed by atoms with Crippen LogP contribution in [-0.4, -0.2) is 30.1 Å². The lowest BCUT2D eigenvalue weighted by Crippen LogP contribution is -2.45. The number of carbonyl (C=O) groups is 2. The summed E-state index contributed by atoms with van der Waals surface area (Å²) in [7, 11) is 0. The molecule has 1 heterocycles. The normalized spacial score (nSPS) is 24.2. The van der Waals surface area contributed by atoms with Crippen LogP contribution in [0, 0.1) is 0 Å². The van der Waals surface area contributed by atoms with E-state index >= 15 is 0 Å². The van der Waals surface area contributed by atoms with Crippen LogP contribution in [-0.2, 0) is 14.9 Å². The highest BCUT2D eigenvalue weighted by molar-refractivity contribution is 6.07. The molecule has 2 aromatic carbocycles. The summed E-state index contributed by atoms with van der Waals surface area (Å²) in [6.45, 7) is 0.965. The minimum Gasteiger partial charge on any atom is -0.478 e. The van der Waals surface area contributed by atoms with E-state index in [0.717, 1.165) is 39.5 Å². The molecule has 2 aliphatic carbocycles. The maximum Gasteiger partial charge on any atom is 0.336 e. The molecule has 0 aromatic heterocycles. The summed E-state index contributed by atoms with van der Waals surface area (Å²) >= 11 is 0. The van der Waals surface area contributed by atoms with Crippen molar-refractivity contribution in [1.29, 1.82) is 0 Å². The molecule has 1 N–H and O–H groups in total. The first-order chi connectivity index (χ1) is 12.1. The smallest absolute Gasteiger partial charge is 0.336 e. The Kier molecular flexibility index (Phi) is 2.86. The predicted molar refractivity (Wildman–Crippen MR) is 93.7 cm³/mol. The van der Waals surface area contributed by atoms with Crippen molar-refractivity contribution in [2.75, 3.05) is 13.2 Å². The van der Waals surface area contributed by atoms with Gasteiger partial charge in [0.15, 0.2) is 5.78 Å². The molecule has 3 aliphatic rings. The van der Waals surface area contributed by atoms with Crippen molar-refractivity contribution in [3.63, 3.8) is 0 Å². The van der Waals surface area contributed by atoms with Gasteiger partial charge in [0.05, 0.1) is 18.8 Å². The molecule has 2 aromatic rings. The number of allylic oxidation sites excluding steroid dienone is 1. The summed E-state index contributed by atoms with van der Waals surface area (Å²) in [5.74, 6) is -0.733. The first kappa shape index (κ1) is 14.6. The van der Waals surface area contributed by atoms with Crippen molar-refractivity contribution in [1.82, 2.24) is 0 Å². The van der Waals surface area contributed by atoms with E-state index in [-0.39, 0.29) is 11.2 Å². The summed E-state index contributed by atoms with van der Waals surface area (Å²) in [4.78, 5) is 23.8. The highest BCUT2D eigenvalue weighted by atomic mass is 16.5. The minimum atomic E-state index is -0.921. The Morgan fingerprint density at radius 1 is 1.12 bits per heavy atom. The largest absolute Gasteiger partial charge is 0.478 e. The van der Waals surface area contributed by atoms with Crippen molar-refractivity contribution < 1.29 is 19.4 Å². The lowest BCUT2D eigenvalue weighted by Gasteiger charge is -2.45. The molecule has 4 nitrogen and oxygen atoms in total. The molecular weight excluding hydrogens is 316 g/mol. The van der Waals surface area contributed by atoms with Gasteiger partial charge < -0.3 is 9.84 Å². The van der Waals surface area contributed by atoms with E-state index < -0.39 is 5.97 Å². The summed E-state index contributed by atoms with van der Waals surface area (Å²) < 4.78 is 5.79. The van der Waals surface area contributed by atoms with Gasteiger partial charge in [-0.1, -0.05) is 36.4 Å². The van der Waals surface area contributed by atoms with Gasteiger partial charge in [-0.2, -0.15) is 0 Å². The van der Waals surface area contributed by atoms with E-state index in [4.69, 9.17) is 4.74 Å². The number of ether oxygens (including phenoxy) is 1. The van der Waals surface area contributed by atoms with Crippen LogP contribution in [0.5, 0.6) is 0 Å². The van der Waals surface area contributed by atoms with Gasteiger partial charge in [-0.15, -0.1) is 0 Å². The van der Waals surface area contributed by atoms with Crippen molar-refractivity contribution >= 4 is 28.6 Å². The van der Waals surface area contributed by atoms with Gasteiger partial charge in [0.25, 0.3) is 0 Å². The standard InChI is InChI=1S/C21H16O4/c22-19-8-9-21-11-25-10-16(19)18(21)7-5-14-12-2-1-3-15(20(23)24)13(12)4-6-17(14)21/h1-7H,8-11H2,(H,23,24). The van der Waals surface area contributed by atoms with Gasteiger partial charge in [0.1, 0.15) is 0 Å². The van der Waals surface area contributed by atoms with Crippen LogP contribution in [0.4, 0.5) is 0 Å². The fraction of sp³-hybridized carbons (Fsp3) is 0.238. The molecule has 0 amide bonds. The highest BCUT2D eigenvalue weighted by Crippen LogP contribution is 2.50. The molecule has 0 saturated carbocycles. The molecule has 4 heteroatoms. The zero-order chi connectivity index (χ0) is 17.2. The number of carboxylic acid groups (broad SMARTS) is 1. The van der Waals surface area contributed by atoms with Gasteiger partial charge in [-0.05, 0) is 40.0 Å². The molecule has 1 aliphatic heterocycles. The van der Waals surface area contributed by atoms with Crippen LogP contribution in [0.2, 0.25) is 0 Å². The number of aromatic carboxylic acids is 1. The maximum absolute atomic E-state index is 12.3. The first-order valence-electron chi connectivity index (χ1n) is 8.44.